The van der Waals surface area contributed by atoms with Crippen LogP contribution in [0.4, 0.5) is 11.5 Å². The monoisotopic (exact) mass is 465 g/mol. The minimum atomic E-state index is -0.232. The maximum absolute atomic E-state index is 12.3. The van der Waals surface area contributed by atoms with Gasteiger partial charge in [-0.2, -0.15) is 0 Å². The van der Waals surface area contributed by atoms with E-state index in [4.69, 9.17) is 16.3 Å². The molecule has 1 amide bonds. The molecule has 0 saturated carbocycles. The number of amides is 1. The van der Waals surface area contributed by atoms with Crippen molar-refractivity contribution in [2.45, 2.75) is 13.8 Å². The van der Waals surface area contributed by atoms with Crippen LogP contribution in [-0.4, -0.2) is 60.8 Å². The lowest BCUT2D eigenvalue weighted by Gasteiger charge is -2.32. The number of nitrogens with zero attached hydrogens (tertiary/aromatic N) is 4. The van der Waals surface area contributed by atoms with E-state index in [2.05, 4.69) is 32.4 Å². The lowest BCUT2D eigenvalue weighted by atomic mass is 10.1. The Kier molecular flexibility index (Phi) is 7.11. The van der Waals surface area contributed by atoms with E-state index < -0.39 is 0 Å². The van der Waals surface area contributed by atoms with Gasteiger partial charge in [0.1, 0.15) is 5.75 Å². The molecule has 4 rings (SSSR count). The third-order valence-corrected chi connectivity index (χ3v) is 6.32. The van der Waals surface area contributed by atoms with Gasteiger partial charge >= 0.3 is 0 Å². The summed E-state index contributed by atoms with van der Waals surface area (Å²) in [5.74, 6) is 1.30. The maximum Gasteiger partial charge on any atom is 0.262 e. The molecule has 1 fully saturated rings. The van der Waals surface area contributed by atoms with E-state index in [1.54, 1.807) is 0 Å². The first-order valence-electron chi connectivity index (χ1n) is 11.0. The van der Waals surface area contributed by atoms with Crippen molar-refractivity contribution in [2.75, 3.05) is 50.1 Å². The van der Waals surface area contributed by atoms with E-state index in [0.717, 1.165) is 54.4 Å². The number of piperazine rings is 1. The highest BCUT2D eigenvalue weighted by atomic mass is 35.5. The fourth-order valence-corrected chi connectivity index (χ4v) is 3.85. The molecule has 0 spiro atoms. The zero-order valence-electron chi connectivity index (χ0n) is 19.1. The summed E-state index contributed by atoms with van der Waals surface area (Å²) in [7, 11) is 2.13. The molecule has 3 aromatic rings. The number of nitrogens with one attached hydrogen (secondary N) is 1. The molecule has 2 aromatic carbocycles. The van der Waals surface area contributed by atoms with Crippen LogP contribution in [0.15, 0.2) is 48.5 Å². The molecule has 0 radical (unpaired) electrons. The van der Waals surface area contributed by atoms with Gasteiger partial charge in [-0.3, -0.25) is 4.79 Å². The molecule has 1 aliphatic rings. The average molecular weight is 466 g/mol. The maximum atomic E-state index is 12.3. The summed E-state index contributed by atoms with van der Waals surface area (Å²) in [6.45, 7) is 7.71. The van der Waals surface area contributed by atoms with Gasteiger partial charge in [0.2, 0.25) is 0 Å². The Balaban J connectivity index is 1.32. The smallest absolute Gasteiger partial charge is 0.262 e. The number of aryl methyl sites for hydroxylation is 2. The predicted molar refractivity (Wildman–Crippen MR) is 132 cm³/mol. The molecule has 0 bridgehead atoms. The molecular weight excluding hydrogens is 438 g/mol. The van der Waals surface area contributed by atoms with Gasteiger partial charge in [-0.15, -0.1) is 10.2 Å². The zero-order chi connectivity index (χ0) is 23.4. The number of anilines is 2. The topological polar surface area (TPSA) is 70.6 Å². The van der Waals surface area contributed by atoms with E-state index >= 15 is 0 Å². The molecule has 2 heterocycles. The lowest BCUT2D eigenvalue weighted by molar-refractivity contribution is -0.118. The van der Waals surface area contributed by atoms with Crippen LogP contribution in [0.3, 0.4) is 0 Å². The average Bonchev–Trinajstić information content (AvgIpc) is 2.82. The summed E-state index contributed by atoms with van der Waals surface area (Å²) >= 11 is 6.18. The normalized spacial score (nSPS) is 14.2. The van der Waals surface area contributed by atoms with Crippen LogP contribution in [0.2, 0.25) is 5.02 Å². The fourth-order valence-electron chi connectivity index (χ4n) is 3.74. The highest BCUT2D eigenvalue weighted by molar-refractivity contribution is 6.32. The van der Waals surface area contributed by atoms with Gasteiger partial charge in [-0.25, -0.2) is 0 Å². The largest absolute Gasteiger partial charge is 0.484 e. The first-order valence-corrected chi connectivity index (χ1v) is 11.3. The van der Waals surface area contributed by atoms with Crippen molar-refractivity contribution < 1.29 is 9.53 Å². The minimum absolute atomic E-state index is 0.0819. The molecule has 0 aliphatic carbocycles. The van der Waals surface area contributed by atoms with E-state index in [0.29, 0.717) is 16.5 Å². The summed E-state index contributed by atoms with van der Waals surface area (Å²) in [4.78, 5) is 16.9. The molecule has 1 saturated heterocycles. The second-order valence-corrected chi connectivity index (χ2v) is 8.73. The van der Waals surface area contributed by atoms with E-state index in [1.165, 1.54) is 0 Å². The molecule has 1 aromatic heterocycles. The van der Waals surface area contributed by atoms with Crippen LogP contribution < -0.4 is 15.0 Å². The highest BCUT2D eigenvalue weighted by Crippen LogP contribution is 2.26. The summed E-state index contributed by atoms with van der Waals surface area (Å²) in [5, 5.41) is 12.4. The van der Waals surface area contributed by atoms with Crippen molar-refractivity contribution in [3.05, 3.63) is 64.7 Å². The summed E-state index contributed by atoms with van der Waals surface area (Å²) in [5.41, 5.74) is 4.26. The van der Waals surface area contributed by atoms with Crippen LogP contribution in [0.25, 0.3) is 11.3 Å². The van der Waals surface area contributed by atoms with Crippen molar-refractivity contribution in [1.82, 2.24) is 15.1 Å². The Morgan fingerprint density at radius 1 is 1.00 bits per heavy atom. The van der Waals surface area contributed by atoms with Crippen LogP contribution in [0, 0.1) is 13.8 Å². The number of hydrogen-bond donors (Lipinski definition) is 1. The number of benzene rings is 2. The Bertz CT molecular complexity index is 1090. The van der Waals surface area contributed by atoms with Crippen molar-refractivity contribution in [3.8, 4) is 17.0 Å². The molecule has 172 valence electrons. The summed E-state index contributed by atoms with van der Waals surface area (Å²) in [6, 6.07) is 15.2. The second kappa shape index (κ2) is 10.2. The van der Waals surface area contributed by atoms with Crippen LogP contribution >= 0.6 is 11.6 Å². The number of hydrogen-bond acceptors (Lipinski definition) is 6. The van der Waals surface area contributed by atoms with Crippen LogP contribution in [0.1, 0.15) is 11.1 Å². The standard InChI is InChI=1S/C25H28ClN5O2/c1-17-14-21(15-18(2)25(17)26)33-16-24(32)27-20-6-4-19(5-7-20)22-8-9-23(29-28-22)31-12-10-30(3)11-13-31/h4-9,14-15H,10-13,16H2,1-3H3,(H,27,32). The fraction of sp³-hybridized carbons (Fsp3) is 0.320. The SMILES string of the molecule is Cc1cc(OCC(=O)Nc2ccc(-c3ccc(N4CCN(C)CC4)nn3)cc2)cc(C)c1Cl. The summed E-state index contributed by atoms with van der Waals surface area (Å²) < 4.78 is 5.62. The van der Waals surface area contributed by atoms with Gasteiger partial charge in [0, 0.05) is 42.5 Å². The number of carbonyl (C=O) groups excluding carboxylic acids is 1. The number of likely N-dealkylation sites (N-methyl/N-ethyl adjacent to an activating group) is 1. The Morgan fingerprint density at radius 3 is 2.27 bits per heavy atom. The molecule has 1 aliphatic heterocycles. The highest BCUT2D eigenvalue weighted by Gasteiger charge is 2.15. The number of rotatable bonds is 6. The Labute approximate surface area is 199 Å². The van der Waals surface area contributed by atoms with Crippen LogP contribution in [-0.2, 0) is 4.79 Å². The summed E-state index contributed by atoms with van der Waals surface area (Å²) in [6.07, 6.45) is 0. The zero-order valence-corrected chi connectivity index (χ0v) is 19.9. The quantitative estimate of drug-likeness (QED) is 0.588. The number of aromatic nitrogens is 2. The lowest BCUT2D eigenvalue weighted by Crippen LogP contribution is -2.44. The third-order valence-electron chi connectivity index (χ3n) is 5.72. The van der Waals surface area contributed by atoms with Crippen molar-refractivity contribution in [2.24, 2.45) is 0 Å². The second-order valence-electron chi connectivity index (χ2n) is 8.35. The van der Waals surface area contributed by atoms with Crippen molar-refractivity contribution in [1.29, 1.82) is 0 Å². The molecule has 1 N–H and O–H groups in total. The van der Waals surface area contributed by atoms with Gasteiger partial charge < -0.3 is 19.9 Å². The first kappa shape index (κ1) is 23.0. The first-order chi connectivity index (χ1) is 15.9. The van der Waals surface area contributed by atoms with Crippen molar-refractivity contribution in [3.63, 3.8) is 0 Å². The molecule has 7 nitrogen and oxygen atoms in total. The van der Waals surface area contributed by atoms with E-state index in [1.807, 2.05) is 62.4 Å². The molecule has 8 heteroatoms. The van der Waals surface area contributed by atoms with Gasteiger partial charge in [0.25, 0.3) is 5.91 Å². The number of halogens is 1. The predicted octanol–water partition coefficient (Wildman–Crippen LogP) is 4.18. The van der Waals surface area contributed by atoms with Crippen LogP contribution in [0.5, 0.6) is 5.75 Å². The molecule has 33 heavy (non-hydrogen) atoms. The Hall–Kier alpha value is -3.16. The van der Waals surface area contributed by atoms with Gasteiger partial charge in [0.05, 0.1) is 5.69 Å². The third kappa shape index (κ3) is 5.80. The minimum Gasteiger partial charge on any atom is -0.484 e. The molecular formula is C25H28ClN5O2. The van der Waals surface area contributed by atoms with Crippen molar-refractivity contribution >= 4 is 29.0 Å². The number of ether oxygens (including phenoxy) is 1. The van der Waals surface area contributed by atoms with Gasteiger partial charge in [-0.05, 0) is 68.4 Å². The number of carbonyl (C=O) groups is 1. The van der Waals surface area contributed by atoms with Gasteiger partial charge in [-0.1, -0.05) is 23.7 Å². The molecule has 0 atom stereocenters. The van der Waals surface area contributed by atoms with E-state index in [9.17, 15) is 4.79 Å². The van der Waals surface area contributed by atoms with Gasteiger partial charge in [0.15, 0.2) is 12.4 Å². The van der Waals surface area contributed by atoms with E-state index in [-0.39, 0.29) is 12.5 Å². The molecule has 0 unspecified atom stereocenters. The Morgan fingerprint density at radius 2 is 1.67 bits per heavy atom.